The van der Waals surface area contributed by atoms with Gasteiger partial charge >= 0.3 is 0 Å². The fourth-order valence-corrected chi connectivity index (χ4v) is 1.78. The van der Waals surface area contributed by atoms with E-state index in [1.54, 1.807) is 29.1 Å². The minimum atomic E-state index is -0.258. The molecule has 1 N–H and O–H groups in total. The van der Waals surface area contributed by atoms with Gasteiger partial charge in [-0.15, -0.1) is 0 Å². The molecule has 1 aromatic carbocycles. The zero-order chi connectivity index (χ0) is 13.5. The van der Waals surface area contributed by atoms with Gasteiger partial charge in [-0.25, -0.2) is 4.39 Å². The Morgan fingerprint density at radius 1 is 1.32 bits per heavy atom. The van der Waals surface area contributed by atoms with E-state index in [-0.39, 0.29) is 11.7 Å². The normalized spacial score (nSPS) is 10.4. The number of nitrogens with one attached hydrogen (secondary N) is 1. The van der Waals surface area contributed by atoms with Gasteiger partial charge in [-0.1, -0.05) is 18.2 Å². The quantitative estimate of drug-likeness (QED) is 0.861. The summed E-state index contributed by atoms with van der Waals surface area (Å²) in [5, 5.41) is 6.82. The Balaban J connectivity index is 1.69. The summed E-state index contributed by atoms with van der Waals surface area (Å²) in [5.74, 6) is -0.331. The highest BCUT2D eigenvalue weighted by molar-refractivity contribution is 5.76. The van der Waals surface area contributed by atoms with Crippen molar-refractivity contribution in [2.45, 2.75) is 19.4 Å². The molecule has 0 fully saturated rings. The van der Waals surface area contributed by atoms with Gasteiger partial charge in [0.05, 0.1) is 6.54 Å². The number of aryl methyl sites for hydroxylation is 1. The maximum absolute atomic E-state index is 13.3. The van der Waals surface area contributed by atoms with E-state index in [1.165, 1.54) is 6.07 Å². The number of aromatic nitrogens is 2. The molecule has 0 bridgehead atoms. The molecule has 100 valence electrons. The highest BCUT2D eigenvalue weighted by Gasteiger charge is 2.05. The van der Waals surface area contributed by atoms with Gasteiger partial charge in [0.1, 0.15) is 5.82 Å². The molecule has 0 atom stereocenters. The molecule has 2 aromatic rings. The second-order valence-corrected chi connectivity index (χ2v) is 4.21. The van der Waals surface area contributed by atoms with Gasteiger partial charge in [0, 0.05) is 25.4 Å². The number of carbonyl (C=O) groups excluding carboxylic acids is 1. The summed E-state index contributed by atoms with van der Waals surface area (Å²) in [6, 6.07) is 8.36. The monoisotopic (exact) mass is 261 g/mol. The highest BCUT2D eigenvalue weighted by Crippen LogP contribution is 2.08. The first kappa shape index (κ1) is 13.3. The SMILES string of the molecule is O=C(CCc1ccccc1F)NCCn1cccn1. The van der Waals surface area contributed by atoms with Crippen LogP contribution < -0.4 is 5.32 Å². The third kappa shape index (κ3) is 4.21. The van der Waals surface area contributed by atoms with Crippen molar-refractivity contribution in [2.24, 2.45) is 0 Å². The first-order valence-electron chi connectivity index (χ1n) is 6.23. The van der Waals surface area contributed by atoms with Gasteiger partial charge in [0.15, 0.2) is 0 Å². The van der Waals surface area contributed by atoms with Crippen molar-refractivity contribution in [2.75, 3.05) is 6.54 Å². The number of carbonyl (C=O) groups is 1. The molecule has 1 heterocycles. The van der Waals surface area contributed by atoms with Crippen molar-refractivity contribution in [3.8, 4) is 0 Å². The lowest BCUT2D eigenvalue weighted by molar-refractivity contribution is -0.121. The second-order valence-electron chi connectivity index (χ2n) is 4.21. The molecule has 0 aliphatic rings. The smallest absolute Gasteiger partial charge is 0.220 e. The number of hydrogen-bond donors (Lipinski definition) is 1. The van der Waals surface area contributed by atoms with Gasteiger partial charge in [0.2, 0.25) is 5.91 Å². The number of nitrogens with zero attached hydrogens (tertiary/aromatic N) is 2. The highest BCUT2D eigenvalue weighted by atomic mass is 19.1. The summed E-state index contributed by atoms with van der Waals surface area (Å²) >= 11 is 0. The average Bonchev–Trinajstić information content (AvgIpc) is 2.91. The third-order valence-electron chi connectivity index (χ3n) is 2.80. The number of amides is 1. The Morgan fingerprint density at radius 3 is 2.89 bits per heavy atom. The molecule has 0 aliphatic carbocycles. The molecule has 0 saturated heterocycles. The number of halogens is 1. The Hall–Kier alpha value is -2.17. The standard InChI is InChI=1S/C14H16FN3O/c15-13-5-2-1-4-12(13)6-7-14(19)16-9-11-18-10-3-8-17-18/h1-5,8,10H,6-7,9,11H2,(H,16,19). The van der Waals surface area contributed by atoms with Gasteiger partial charge in [0.25, 0.3) is 0 Å². The van der Waals surface area contributed by atoms with Gasteiger partial charge < -0.3 is 5.32 Å². The lowest BCUT2D eigenvalue weighted by atomic mass is 10.1. The summed E-state index contributed by atoms with van der Waals surface area (Å²) in [6.45, 7) is 1.16. The molecule has 0 aliphatic heterocycles. The minimum absolute atomic E-state index is 0.0737. The molecule has 0 radical (unpaired) electrons. The van der Waals surface area contributed by atoms with E-state index in [1.807, 2.05) is 12.3 Å². The molecule has 1 amide bonds. The Labute approximate surface area is 111 Å². The fourth-order valence-electron chi connectivity index (χ4n) is 1.78. The Morgan fingerprint density at radius 2 is 2.16 bits per heavy atom. The van der Waals surface area contributed by atoms with E-state index < -0.39 is 0 Å². The number of rotatable bonds is 6. The lowest BCUT2D eigenvalue weighted by Crippen LogP contribution is -2.27. The Kier molecular flexibility index (Phi) is 4.66. The second kappa shape index (κ2) is 6.68. The van der Waals surface area contributed by atoms with E-state index in [2.05, 4.69) is 10.4 Å². The number of benzene rings is 1. The van der Waals surface area contributed by atoms with Crippen LogP contribution in [0.3, 0.4) is 0 Å². The zero-order valence-corrected chi connectivity index (χ0v) is 10.6. The molecular formula is C14H16FN3O. The molecule has 5 heteroatoms. The van der Waals surface area contributed by atoms with Crippen LogP contribution in [-0.4, -0.2) is 22.2 Å². The van der Waals surface area contributed by atoms with Crippen LogP contribution in [0.5, 0.6) is 0 Å². The van der Waals surface area contributed by atoms with Gasteiger partial charge in [-0.2, -0.15) is 5.10 Å². The van der Waals surface area contributed by atoms with Gasteiger partial charge in [-0.05, 0) is 24.1 Å². The van der Waals surface area contributed by atoms with Crippen molar-refractivity contribution in [1.82, 2.24) is 15.1 Å². The summed E-state index contributed by atoms with van der Waals surface area (Å²) in [7, 11) is 0. The third-order valence-corrected chi connectivity index (χ3v) is 2.80. The van der Waals surface area contributed by atoms with E-state index >= 15 is 0 Å². The molecule has 4 nitrogen and oxygen atoms in total. The Bertz CT molecular complexity index is 525. The van der Waals surface area contributed by atoms with Crippen LogP contribution in [0.25, 0.3) is 0 Å². The molecule has 2 rings (SSSR count). The van der Waals surface area contributed by atoms with Crippen molar-refractivity contribution >= 4 is 5.91 Å². The maximum atomic E-state index is 13.3. The van der Waals surface area contributed by atoms with Crippen molar-refractivity contribution in [3.05, 3.63) is 54.1 Å². The van der Waals surface area contributed by atoms with Crippen LogP contribution in [0.15, 0.2) is 42.7 Å². The van der Waals surface area contributed by atoms with Crippen LogP contribution in [0, 0.1) is 5.82 Å². The summed E-state index contributed by atoms with van der Waals surface area (Å²) < 4.78 is 15.1. The van der Waals surface area contributed by atoms with Crippen LogP contribution in [0.4, 0.5) is 4.39 Å². The van der Waals surface area contributed by atoms with Crippen LogP contribution in [0.1, 0.15) is 12.0 Å². The number of hydrogen-bond acceptors (Lipinski definition) is 2. The van der Waals surface area contributed by atoms with Crippen LogP contribution in [-0.2, 0) is 17.8 Å². The van der Waals surface area contributed by atoms with E-state index in [9.17, 15) is 9.18 Å². The first-order valence-corrected chi connectivity index (χ1v) is 6.23. The molecule has 0 spiro atoms. The molecule has 1 aromatic heterocycles. The topological polar surface area (TPSA) is 46.9 Å². The molecule has 0 unspecified atom stereocenters. The molecule has 0 saturated carbocycles. The largest absolute Gasteiger partial charge is 0.354 e. The average molecular weight is 261 g/mol. The summed E-state index contributed by atoms with van der Waals surface area (Å²) in [5.41, 5.74) is 0.574. The summed E-state index contributed by atoms with van der Waals surface area (Å²) in [6.07, 6.45) is 4.24. The van der Waals surface area contributed by atoms with Crippen molar-refractivity contribution in [1.29, 1.82) is 0 Å². The molecular weight excluding hydrogens is 245 g/mol. The van der Waals surface area contributed by atoms with Gasteiger partial charge in [-0.3, -0.25) is 9.48 Å². The van der Waals surface area contributed by atoms with Crippen molar-refractivity contribution in [3.63, 3.8) is 0 Å². The molecule has 19 heavy (non-hydrogen) atoms. The van der Waals surface area contributed by atoms with E-state index in [0.717, 1.165) is 0 Å². The van der Waals surface area contributed by atoms with Crippen LogP contribution >= 0.6 is 0 Å². The van der Waals surface area contributed by atoms with E-state index in [4.69, 9.17) is 0 Å². The fraction of sp³-hybridized carbons (Fsp3) is 0.286. The predicted octanol–water partition coefficient (Wildman–Crippen LogP) is 1.77. The van der Waals surface area contributed by atoms with E-state index in [0.29, 0.717) is 31.5 Å². The van der Waals surface area contributed by atoms with Crippen LogP contribution in [0.2, 0.25) is 0 Å². The lowest BCUT2D eigenvalue weighted by Gasteiger charge is -2.06. The first-order chi connectivity index (χ1) is 9.25. The minimum Gasteiger partial charge on any atom is -0.354 e. The zero-order valence-electron chi connectivity index (χ0n) is 10.6. The predicted molar refractivity (Wildman–Crippen MR) is 70.0 cm³/mol. The van der Waals surface area contributed by atoms with Crippen molar-refractivity contribution < 1.29 is 9.18 Å². The summed E-state index contributed by atoms with van der Waals surface area (Å²) in [4.78, 5) is 11.6. The maximum Gasteiger partial charge on any atom is 0.220 e.